The van der Waals surface area contributed by atoms with Gasteiger partial charge in [-0.3, -0.25) is 4.79 Å². The van der Waals surface area contributed by atoms with Crippen LogP contribution in [0.15, 0.2) is 24.3 Å². The first-order valence-corrected chi connectivity index (χ1v) is 6.10. The first-order valence-electron chi connectivity index (χ1n) is 6.10. The number of hydrogen-bond acceptors (Lipinski definition) is 3. The molecule has 0 bridgehead atoms. The fourth-order valence-corrected chi connectivity index (χ4v) is 1.48. The van der Waals surface area contributed by atoms with Crippen molar-refractivity contribution in [2.24, 2.45) is 5.73 Å². The van der Waals surface area contributed by atoms with E-state index >= 15 is 0 Å². The smallest absolute Gasteiger partial charge is 0.368 e. The van der Waals surface area contributed by atoms with Gasteiger partial charge in [0.2, 0.25) is 0 Å². The van der Waals surface area contributed by atoms with Gasteiger partial charge in [-0.15, -0.1) is 0 Å². The summed E-state index contributed by atoms with van der Waals surface area (Å²) in [6.45, 7) is 1.10. The van der Waals surface area contributed by atoms with Crippen molar-refractivity contribution in [2.45, 2.75) is 32.2 Å². The minimum Gasteiger partial charge on any atom is -0.368 e. The minimum atomic E-state index is -4.29. The van der Waals surface area contributed by atoms with E-state index in [1.165, 1.54) is 6.92 Å². The number of amides is 1. The molecule has 7 heteroatoms. The highest BCUT2D eigenvalue weighted by Gasteiger charge is 2.27. The molecule has 0 aliphatic heterocycles. The van der Waals surface area contributed by atoms with Crippen molar-refractivity contribution in [3.63, 3.8) is 0 Å². The zero-order chi connectivity index (χ0) is 15.2. The molecule has 4 nitrogen and oxygen atoms in total. The number of carbonyl (C=O) groups excluding carboxylic acids is 1. The summed E-state index contributed by atoms with van der Waals surface area (Å²) in [5.41, 5.74) is 6.80. The molecule has 0 saturated heterocycles. The standard InChI is InChI=1S/C13H17F3N2O2/c1-9(20-7-6-13(14,15)16)12(19)18-11-5-3-2-4-10(11)8-17/h2-5,9H,6-8,17H2,1H3,(H,18,19). The molecule has 0 aromatic heterocycles. The molecule has 0 heterocycles. The Morgan fingerprint density at radius 3 is 2.65 bits per heavy atom. The van der Waals surface area contributed by atoms with Crippen LogP contribution in [0.3, 0.4) is 0 Å². The highest BCUT2D eigenvalue weighted by Crippen LogP contribution is 2.19. The quantitative estimate of drug-likeness (QED) is 0.845. The Kier molecular flexibility index (Phi) is 5.97. The lowest BCUT2D eigenvalue weighted by Gasteiger charge is -2.15. The van der Waals surface area contributed by atoms with Crippen LogP contribution < -0.4 is 11.1 Å². The second-order valence-electron chi connectivity index (χ2n) is 4.23. The number of benzene rings is 1. The average Bonchev–Trinajstić information content (AvgIpc) is 2.37. The van der Waals surface area contributed by atoms with Crippen LogP contribution in [-0.4, -0.2) is 24.8 Å². The van der Waals surface area contributed by atoms with Crippen LogP contribution in [0.4, 0.5) is 18.9 Å². The molecular formula is C13H17F3N2O2. The molecule has 0 spiro atoms. The Bertz CT molecular complexity index is 449. The highest BCUT2D eigenvalue weighted by atomic mass is 19.4. The summed E-state index contributed by atoms with van der Waals surface area (Å²) in [7, 11) is 0. The van der Waals surface area contributed by atoms with Crippen LogP contribution in [-0.2, 0) is 16.1 Å². The second-order valence-corrected chi connectivity index (χ2v) is 4.23. The number of para-hydroxylation sites is 1. The van der Waals surface area contributed by atoms with Crippen molar-refractivity contribution < 1.29 is 22.7 Å². The normalized spacial score (nSPS) is 13.1. The summed E-state index contributed by atoms with van der Waals surface area (Å²) >= 11 is 0. The summed E-state index contributed by atoms with van der Waals surface area (Å²) in [5, 5.41) is 2.58. The molecule has 0 aliphatic carbocycles. The van der Waals surface area contributed by atoms with E-state index in [9.17, 15) is 18.0 Å². The van der Waals surface area contributed by atoms with Crippen LogP contribution in [0, 0.1) is 0 Å². The lowest BCUT2D eigenvalue weighted by atomic mass is 10.1. The summed E-state index contributed by atoms with van der Waals surface area (Å²) in [5.74, 6) is -0.506. The monoisotopic (exact) mass is 290 g/mol. The molecule has 1 atom stereocenters. The lowest BCUT2D eigenvalue weighted by Crippen LogP contribution is -2.29. The second kappa shape index (κ2) is 7.25. The number of alkyl halides is 3. The van der Waals surface area contributed by atoms with Gasteiger partial charge in [0.25, 0.3) is 5.91 Å². The Balaban J connectivity index is 2.49. The summed E-state index contributed by atoms with van der Waals surface area (Å²) < 4.78 is 40.7. The zero-order valence-corrected chi connectivity index (χ0v) is 11.0. The number of carbonyl (C=O) groups is 1. The van der Waals surface area contributed by atoms with E-state index in [0.717, 1.165) is 5.56 Å². The zero-order valence-electron chi connectivity index (χ0n) is 11.0. The summed E-state index contributed by atoms with van der Waals surface area (Å²) in [4.78, 5) is 11.8. The Hall–Kier alpha value is -1.60. The van der Waals surface area contributed by atoms with Gasteiger partial charge < -0.3 is 15.8 Å². The predicted molar refractivity (Wildman–Crippen MR) is 69.0 cm³/mol. The number of hydrogen-bond donors (Lipinski definition) is 2. The maximum Gasteiger partial charge on any atom is 0.391 e. The van der Waals surface area contributed by atoms with Gasteiger partial charge in [-0.2, -0.15) is 13.2 Å². The van der Waals surface area contributed by atoms with E-state index in [1.54, 1.807) is 24.3 Å². The lowest BCUT2D eigenvalue weighted by molar-refractivity contribution is -0.152. The molecule has 0 fully saturated rings. The number of ether oxygens (including phenoxy) is 1. The van der Waals surface area contributed by atoms with Crippen LogP contribution in [0.25, 0.3) is 0 Å². The first kappa shape index (κ1) is 16.5. The molecule has 0 saturated carbocycles. The van der Waals surface area contributed by atoms with Crippen molar-refractivity contribution >= 4 is 11.6 Å². The van der Waals surface area contributed by atoms with E-state index in [0.29, 0.717) is 5.69 Å². The molecule has 1 rings (SSSR count). The number of nitrogens with one attached hydrogen (secondary N) is 1. The fourth-order valence-electron chi connectivity index (χ4n) is 1.48. The van der Waals surface area contributed by atoms with Crippen LogP contribution in [0.1, 0.15) is 18.9 Å². The van der Waals surface area contributed by atoms with Crippen molar-refractivity contribution in [2.75, 3.05) is 11.9 Å². The average molecular weight is 290 g/mol. The van der Waals surface area contributed by atoms with Gasteiger partial charge in [0.15, 0.2) is 0 Å². The number of nitrogens with two attached hydrogens (primary N) is 1. The van der Waals surface area contributed by atoms with Crippen LogP contribution >= 0.6 is 0 Å². The summed E-state index contributed by atoms with van der Waals surface area (Å²) in [6.07, 6.45) is -6.34. The molecule has 1 unspecified atom stereocenters. The molecule has 112 valence electrons. The van der Waals surface area contributed by atoms with Gasteiger partial charge in [0, 0.05) is 12.2 Å². The van der Waals surface area contributed by atoms with Crippen molar-refractivity contribution in [1.82, 2.24) is 0 Å². The molecule has 1 amide bonds. The summed E-state index contributed by atoms with van der Waals surface area (Å²) in [6, 6.07) is 6.93. The van der Waals surface area contributed by atoms with E-state index in [-0.39, 0.29) is 6.54 Å². The molecule has 0 aliphatic rings. The van der Waals surface area contributed by atoms with E-state index < -0.39 is 31.2 Å². The third kappa shape index (κ3) is 5.58. The van der Waals surface area contributed by atoms with Crippen molar-refractivity contribution in [3.8, 4) is 0 Å². The maximum atomic E-state index is 12.0. The molecular weight excluding hydrogens is 273 g/mol. The van der Waals surface area contributed by atoms with Gasteiger partial charge in [0.1, 0.15) is 6.10 Å². The molecule has 1 aromatic carbocycles. The SMILES string of the molecule is CC(OCCC(F)(F)F)C(=O)Nc1ccccc1CN. The maximum absolute atomic E-state index is 12.0. The van der Waals surface area contributed by atoms with Crippen LogP contribution in [0.2, 0.25) is 0 Å². The van der Waals surface area contributed by atoms with E-state index in [4.69, 9.17) is 10.5 Å². The largest absolute Gasteiger partial charge is 0.391 e. The van der Waals surface area contributed by atoms with Gasteiger partial charge >= 0.3 is 6.18 Å². The Labute approximate surface area is 115 Å². The molecule has 3 N–H and O–H groups in total. The van der Waals surface area contributed by atoms with Gasteiger partial charge in [-0.25, -0.2) is 0 Å². The van der Waals surface area contributed by atoms with Gasteiger partial charge in [-0.05, 0) is 18.6 Å². The number of anilines is 1. The minimum absolute atomic E-state index is 0.250. The molecule has 0 radical (unpaired) electrons. The van der Waals surface area contributed by atoms with E-state index in [1.807, 2.05) is 0 Å². The number of halogens is 3. The fraction of sp³-hybridized carbons (Fsp3) is 0.462. The van der Waals surface area contributed by atoms with Crippen molar-refractivity contribution in [3.05, 3.63) is 29.8 Å². The topological polar surface area (TPSA) is 64.3 Å². The van der Waals surface area contributed by atoms with Crippen molar-refractivity contribution in [1.29, 1.82) is 0 Å². The predicted octanol–water partition coefficient (Wildman–Crippen LogP) is 2.44. The Morgan fingerprint density at radius 2 is 2.05 bits per heavy atom. The molecule has 1 aromatic rings. The van der Waals surface area contributed by atoms with Gasteiger partial charge in [0.05, 0.1) is 13.0 Å². The van der Waals surface area contributed by atoms with Gasteiger partial charge in [-0.1, -0.05) is 18.2 Å². The van der Waals surface area contributed by atoms with E-state index in [2.05, 4.69) is 5.32 Å². The third-order valence-electron chi connectivity index (χ3n) is 2.62. The first-order chi connectivity index (χ1) is 9.33. The number of rotatable bonds is 6. The Morgan fingerprint density at radius 1 is 1.40 bits per heavy atom. The highest BCUT2D eigenvalue weighted by molar-refractivity contribution is 5.94. The van der Waals surface area contributed by atoms with Crippen LogP contribution in [0.5, 0.6) is 0 Å². The third-order valence-corrected chi connectivity index (χ3v) is 2.62. The molecule has 20 heavy (non-hydrogen) atoms.